The number of carbonyl (C=O) groups is 1. The van der Waals surface area contributed by atoms with Crippen LogP contribution < -0.4 is 10.9 Å². The number of hydrogen-bond donors (Lipinski definition) is 1. The number of anilines is 1. The zero-order chi connectivity index (χ0) is 18.5. The summed E-state index contributed by atoms with van der Waals surface area (Å²) in [6.45, 7) is 4.47. The first kappa shape index (κ1) is 17.7. The summed E-state index contributed by atoms with van der Waals surface area (Å²) >= 11 is 0. The average Bonchev–Trinajstić information content (AvgIpc) is 2.66. The summed E-state index contributed by atoms with van der Waals surface area (Å²) in [4.78, 5) is 24.9. The third kappa shape index (κ3) is 3.91. The van der Waals surface area contributed by atoms with Crippen LogP contribution in [0, 0.1) is 6.92 Å². The summed E-state index contributed by atoms with van der Waals surface area (Å²) in [5.41, 5.74) is 4.31. The summed E-state index contributed by atoms with van der Waals surface area (Å²) in [6, 6.07) is 18.7. The van der Waals surface area contributed by atoms with Gasteiger partial charge in [-0.1, -0.05) is 55.5 Å². The van der Waals surface area contributed by atoms with Gasteiger partial charge in [0.15, 0.2) is 0 Å². The van der Waals surface area contributed by atoms with Gasteiger partial charge in [-0.2, -0.15) is 0 Å². The molecule has 0 radical (unpaired) electrons. The third-order valence-corrected chi connectivity index (χ3v) is 4.42. The van der Waals surface area contributed by atoms with Crippen molar-refractivity contribution in [3.63, 3.8) is 0 Å². The van der Waals surface area contributed by atoms with Gasteiger partial charge in [0, 0.05) is 18.0 Å². The molecule has 0 aliphatic rings. The first-order valence-corrected chi connectivity index (χ1v) is 8.72. The van der Waals surface area contributed by atoms with Crippen LogP contribution in [-0.2, 0) is 13.0 Å². The summed E-state index contributed by atoms with van der Waals surface area (Å²) < 4.78 is 1.56. The highest BCUT2D eigenvalue weighted by molar-refractivity contribution is 6.04. The summed E-state index contributed by atoms with van der Waals surface area (Å²) in [7, 11) is 0. The molecule has 0 aliphatic heterocycles. The summed E-state index contributed by atoms with van der Waals surface area (Å²) in [5.74, 6) is -0.212. The minimum atomic E-state index is -0.212. The van der Waals surface area contributed by atoms with Crippen molar-refractivity contribution in [2.24, 2.45) is 0 Å². The number of hydrogen-bond acceptors (Lipinski definition) is 2. The maximum atomic E-state index is 12.7. The number of nitrogens with zero attached hydrogens (tertiary/aromatic N) is 1. The minimum Gasteiger partial charge on any atom is -0.321 e. The second-order valence-electron chi connectivity index (χ2n) is 6.29. The van der Waals surface area contributed by atoms with Crippen LogP contribution in [0.1, 0.15) is 34.0 Å². The highest BCUT2D eigenvalue weighted by Crippen LogP contribution is 2.21. The van der Waals surface area contributed by atoms with Crippen LogP contribution in [0.4, 0.5) is 5.69 Å². The van der Waals surface area contributed by atoms with E-state index < -0.39 is 0 Å². The quantitative estimate of drug-likeness (QED) is 0.758. The van der Waals surface area contributed by atoms with E-state index >= 15 is 0 Å². The molecular weight excluding hydrogens is 324 g/mol. The fourth-order valence-corrected chi connectivity index (χ4v) is 2.96. The van der Waals surface area contributed by atoms with Crippen LogP contribution in [0.5, 0.6) is 0 Å². The van der Waals surface area contributed by atoms with Crippen molar-refractivity contribution < 1.29 is 4.79 Å². The Labute approximate surface area is 153 Å². The molecule has 2 aromatic carbocycles. The van der Waals surface area contributed by atoms with Crippen molar-refractivity contribution in [2.75, 3.05) is 5.32 Å². The molecule has 0 saturated carbocycles. The van der Waals surface area contributed by atoms with Crippen molar-refractivity contribution >= 4 is 11.6 Å². The fourth-order valence-electron chi connectivity index (χ4n) is 2.96. The lowest BCUT2D eigenvalue weighted by Gasteiger charge is -2.14. The normalized spacial score (nSPS) is 10.5. The number of benzene rings is 2. The topological polar surface area (TPSA) is 51.1 Å². The van der Waals surface area contributed by atoms with Crippen LogP contribution in [0.25, 0.3) is 0 Å². The number of amides is 1. The standard InChI is InChI=1S/C22H22N2O2/c1-3-18-11-7-8-16(2)21(18)23-22(26)19-12-13-20(25)24(15-19)14-17-9-5-4-6-10-17/h4-13,15H,3,14H2,1-2H3,(H,23,26). The van der Waals surface area contributed by atoms with Crippen molar-refractivity contribution in [2.45, 2.75) is 26.8 Å². The first-order valence-electron chi connectivity index (χ1n) is 8.72. The number of aromatic nitrogens is 1. The maximum Gasteiger partial charge on any atom is 0.257 e. The van der Waals surface area contributed by atoms with E-state index in [9.17, 15) is 9.59 Å². The van der Waals surface area contributed by atoms with E-state index in [1.165, 1.54) is 6.07 Å². The van der Waals surface area contributed by atoms with Crippen LogP contribution in [0.3, 0.4) is 0 Å². The van der Waals surface area contributed by atoms with Crippen molar-refractivity contribution in [1.82, 2.24) is 4.57 Å². The summed E-state index contributed by atoms with van der Waals surface area (Å²) in [6.07, 6.45) is 2.46. The van der Waals surface area contributed by atoms with E-state index in [0.29, 0.717) is 12.1 Å². The Morgan fingerprint density at radius 3 is 2.50 bits per heavy atom. The lowest BCUT2D eigenvalue weighted by Crippen LogP contribution is -2.23. The lowest BCUT2D eigenvalue weighted by atomic mass is 10.1. The molecule has 1 N–H and O–H groups in total. The smallest absolute Gasteiger partial charge is 0.257 e. The van der Waals surface area contributed by atoms with Crippen LogP contribution in [0.2, 0.25) is 0 Å². The van der Waals surface area contributed by atoms with E-state index in [4.69, 9.17) is 0 Å². The molecule has 26 heavy (non-hydrogen) atoms. The molecule has 0 spiro atoms. The van der Waals surface area contributed by atoms with Gasteiger partial charge in [0.25, 0.3) is 11.5 Å². The first-order chi connectivity index (χ1) is 12.6. The number of pyridine rings is 1. The SMILES string of the molecule is CCc1cccc(C)c1NC(=O)c1ccc(=O)n(Cc2ccccc2)c1. The van der Waals surface area contributed by atoms with E-state index in [1.54, 1.807) is 16.8 Å². The molecule has 132 valence electrons. The number of nitrogens with one attached hydrogen (secondary N) is 1. The van der Waals surface area contributed by atoms with Gasteiger partial charge in [0.1, 0.15) is 0 Å². The monoisotopic (exact) mass is 346 g/mol. The molecule has 1 heterocycles. The largest absolute Gasteiger partial charge is 0.321 e. The minimum absolute atomic E-state index is 0.129. The van der Waals surface area contributed by atoms with Crippen molar-refractivity contribution in [3.8, 4) is 0 Å². The van der Waals surface area contributed by atoms with E-state index in [1.807, 2.05) is 55.5 Å². The van der Waals surface area contributed by atoms with E-state index in [-0.39, 0.29) is 11.5 Å². The Morgan fingerprint density at radius 1 is 1.00 bits per heavy atom. The van der Waals surface area contributed by atoms with Gasteiger partial charge < -0.3 is 9.88 Å². The Hall–Kier alpha value is -3.14. The fraction of sp³-hybridized carbons (Fsp3) is 0.182. The lowest BCUT2D eigenvalue weighted by molar-refractivity contribution is 0.102. The predicted octanol–water partition coefficient (Wildman–Crippen LogP) is 4.02. The van der Waals surface area contributed by atoms with Gasteiger partial charge in [-0.05, 0) is 36.1 Å². The number of aryl methyl sites for hydroxylation is 2. The number of para-hydroxylation sites is 1. The molecule has 4 heteroatoms. The molecule has 3 rings (SSSR count). The molecule has 0 fully saturated rings. The molecule has 1 aromatic heterocycles. The molecule has 0 saturated heterocycles. The zero-order valence-corrected chi connectivity index (χ0v) is 15.0. The van der Waals surface area contributed by atoms with Crippen LogP contribution >= 0.6 is 0 Å². The molecule has 3 aromatic rings. The van der Waals surface area contributed by atoms with E-state index in [0.717, 1.165) is 28.8 Å². The Kier molecular flexibility index (Phi) is 5.32. The van der Waals surface area contributed by atoms with Gasteiger partial charge in [-0.15, -0.1) is 0 Å². The molecule has 4 nitrogen and oxygen atoms in total. The molecule has 0 unspecified atom stereocenters. The highest BCUT2D eigenvalue weighted by Gasteiger charge is 2.12. The molecule has 1 amide bonds. The van der Waals surface area contributed by atoms with Crippen LogP contribution in [0.15, 0.2) is 71.7 Å². The van der Waals surface area contributed by atoms with Crippen LogP contribution in [-0.4, -0.2) is 10.5 Å². The summed E-state index contributed by atoms with van der Waals surface area (Å²) in [5, 5.41) is 3.00. The molecule has 0 bridgehead atoms. The molecule has 0 aliphatic carbocycles. The highest BCUT2D eigenvalue weighted by atomic mass is 16.2. The zero-order valence-electron chi connectivity index (χ0n) is 15.0. The molecular formula is C22H22N2O2. The van der Waals surface area contributed by atoms with Gasteiger partial charge in [0.05, 0.1) is 12.1 Å². The number of rotatable bonds is 5. The van der Waals surface area contributed by atoms with Gasteiger partial charge in [0.2, 0.25) is 0 Å². The second kappa shape index (κ2) is 7.83. The van der Waals surface area contributed by atoms with Gasteiger partial charge in [-0.25, -0.2) is 0 Å². The Bertz CT molecular complexity index is 975. The van der Waals surface area contributed by atoms with Gasteiger partial charge >= 0.3 is 0 Å². The van der Waals surface area contributed by atoms with Crippen molar-refractivity contribution in [3.05, 3.63) is 99.5 Å². The number of carbonyl (C=O) groups excluding carboxylic acids is 1. The van der Waals surface area contributed by atoms with Gasteiger partial charge in [-0.3, -0.25) is 9.59 Å². The second-order valence-corrected chi connectivity index (χ2v) is 6.29. The third-order valence-electron chi connectivity index (χ3n) is 4.42. The van der Waals surface area contributed by atoms with E-state index in [2.05, 4.69) is 12.2 Å². The molecule has 0 atom stereocenters. The Morgan fingerprint density at radius 2 is 1.77 bits per heavy atom. The van der Waals surface area contributed by atoms with Crippen molar-refractivity contribution in [1.29, 1.82) is 0 Å². The Balaban J connectivity index is 1.87. The predicted molar refractivity (Wildman–Crippen MR) is 105 cm³/mol. The average molecular weight is 346 g/mol. The maximum absolute atomic E-state index is 12.7.